The number of likely N-dealkylation sites (tertiary alicyclic amines) is 1. The summed E-state index contributed by atoms with van der Waals surface area (Å²) in [6, 6.07) is 1.66. The number of alkyl halides is 3. The van der Waals surface area contributed by atoms with Crippen molar-refractivity contribution in [1.29, 1.82) is 5.26 Å². The average molecular weight is 341 g/mol. The van der Waals surface area contributed by atoms with Gasteiger partial charge in [-0.1, -0.05) is 34.8 Å². The van der Waals surface area contributed by atoms with Crippen molar-refractivity contribution in [3.63, 3.8) is 0 Å². The molecule has 1 saturated heterocycles. The standard InChI is InChI=1S/C11H12Cl3N3O3/c12-11(13,14)9(16)7(5-15)8(18)6-1-3-17(4-2-6)10(19)20/h6H,1-4,16H2,(H,19,20). The highest BCUT2D eigenvalue weighted by atomic mass is 35.6. The van der Waals surface area contributed by atoms with Crippen LogP contribution in [0, 0.1) is 17.2 Å². The summed E-state index contributed by atoms with van der Waals surface area (Å²) < 4.78 is -2.03. The third-order valence-electron chi connectivity index (χ3n) is 3.07. The summed E-state index contributed by atoms with van der Waals surface area (Å²) >= 11 is 16.7. The molecule has 0 unspecified atom stereocenters. The van der Waals surface area contributed by atoms with Crippen molar-refractivity contribution in [1.82, 2.24) is 4.90 Å². The Morgan fingerprint density at radius 3 is 2.15 bits per heavy atom. The van der Waals surface area contributed by atoms with E-state index < -0.39 is 27.3 Å². The number of hydrogen-bond donors (Lipinski definition) is 2. The molecule has 9 heteroatoms. The van der Waals surface area contributed by atoms with Crippen LogP contribution < -0.4 is 5.73 Å². The quantitative estimate of drug-likeness (QED) is 0.454. The van der Waals surface area contributed by atoms with Crippen LogP contribution >= 0.6 is 34.8 Å². The second kappa shape index (κ2) is 6.53. The zero-order valence-corrected chi connectivity index (χ0v) is 12.5. The number of nitrogens with two attached hydrogens (primary N) is 1. The monoisotopic (exact) mass is 339 g/mol. The molecule has 0 aromatic carbocycles. The maximum atomic E-state index is 12.2. The molecule has 0 bridgehead atoms. The molecule has 110 valence electrons. The van der Waals surface area contributed by atoms with Gasteiger partial charge in [-0.15, -0.1) is 0 Å². The molecule has 1 aliphatic heterocycles. The molecule has 20 heavy (non-hydrogen) atoms. The highest BCUT2D eigenvalue weighted by Gasteiger charge is 2.34. The van der Waals surface area contributed by atoms with Crippen LogP contribution in [0.15, 0.2) is 11.3 Å². The van der Waals surface area contributed by atoms with Gasteiger partial charge in [0, 0.05) is 19.0 Å². The van der Waals surface area contributed by atoms with Gasteiger partial charge in [0.2, 0.25) is 3.79 Å². The van der Waals surface area contributed by atoms with Gasteiger partial charge in [0.1, 0.15) is 11.6 Å². The second-order valence-corrected chi connectivity index (χ2v) is 6.59. The lowest BCUT2D eigenvalue weighted by atomic mass is 9.88. The zero-order valence-electron chi connectivity index (χ0n) is 10.3. The molecular weight excluding hydrogens is 328 g/mol. The fourth-order valence-electron chi connectivity index (χ4n) is 1.93. The zero-order chi connectivity index (χ0) is 15.5. The van der Waals surface area contributed by atoms with E-state index in [0.717, 1.165) is 0 Å². The highest BCUT2D eigenvalue weighted by Crippen LogP contribution is 2.34. The van der Waals surface area contributed by atoms with Crippen LogP contribution in [-0.2, 0) is 4.79 Å². The number of halogens is 3. The summed E-state index contributed by atoms with van der Waals surface area (Å²) in [6.45, 7) is 0.441. The molecule has 1 aliphatic rings. The van der Waals surface area contributed by atoms with E-state index in [9.17, 15) is 9.59 Å². The van der Waals surface area contributed by atoms with Crippen LogP contribution in [-0.4, -0.2) is 38.8 Å². The van der Waals surface area contributed by atoms with E-state index in [1.165, 1.54) is 4.90 Å². The number of hydrogen-bond acceptors (Lipinski definition) is 4. The van der Waals surface area contributed by atoms with E-state index in [1.54, 1.807) is 6.07 Å². The summed E-state index contributed by atoms with van der Waals surface area (Å²) in [5.74, 6) is -1.01. The lowest BCUT2D eigenvalue weighted by Gasteiger charge is -2.29. The molecule has 3 N–H and O–H groups in total. The fourth-order valence-corrected chi connectivity index (χ4v) is 2.21. The SMILES string of the molecule is N#CC(C(=O)C1CCN(C(=O)O)CC1)=C(N)C(Cl)(Cl)Cl. The van der Waals surface area contributed by atoms with Crippen LogP contribution in [0.5, 0.6) is 0 Å². The van der Waals surface area contributed by atoms with E-state index in [0.29, 0.717) is 12.8 Å². The van der Waals surface area contributed by atoms with E-state index in [1.807, 2.05) is 0 Å². The Bertz CT molecular complexity index is 485. The molecule has 1 rings (SSSR count). The maximum Gasteiger partial charge on any atom is 0.407 e. The van der Waals surface area contributed by atoms with Crippen LogP contribution in [0.3, 0.4) is 0 Å². The molecular formula is C11H12Cl3N3O3. The predicted molar refractivity (Wildman–Crippen MR) is 74.4 cm³/mol. The van der Waals surface area contributed by atoms with Crippen molar-refractivity contribution < 1.29 is 14.7 Å². The molecule has 1 fully saturated rings. The molecule has 0 atom stereocenters. The normalized spacial score (nSPS) is 18.2. The van der Waals surface area contributed by atoms with Crippen LogP contribution in [0.2, 0.25) is 0 Å². The fraction of sp³-hybridized carbons (Fsp3) is 0.545. The Morgan fingerprint density at radius 2 is 1.80 bits per heavy atom. The van der Waals surface area contributed by atoms with Gasteiger partial charge < -0.3 is 15.7 Å². The number of carboxylic acid groups (broad SMARTS) is 1. The molecule has 0 aromatic heterocycles. The number of ketones is 1. The Balaban J connectivity index is 2.86. The Hall–Kier alpha value is -1.16. The molecule has 0 radical (unpaired) electrons. The van der Waals surface area contributed by atoms with Crippen molar-refractivity contribution in [3.05, 3.63) is 11.3 Å². The number of carbonyl (C=O) groups excluding carboxylic acids is 1. The molecule has 1 heterocycles. The minimum Gasteiger partial charge on any atom is -0.465 e. The smallest absolute Gasteiger partial charge is 0.407 e. The molecule has 0 saturated carbocycles. The minimum atomic E-state index is -2.03. The van der Waals surface area contributed by atoms with E-state index in [-0.39, 0.29) is 18.7 Å². The molecule has 6 nitrogen and oxygen atoms in total. The first kappa shape index (κ1) is 16.9. The first-order valence-corrected chi connectivity index (χ1v) is 6.81. The van der Waals surface area contributed by atoms with Gasteiger partial charge >= 0.3 is 6.09 Å². The van der Waals surface area contributed by atoms with Crippen molar-refractivity contribution >= 4 is 46.7 Å². The van der Waals surface area contributed by atoms with E-state index in [4.69, 9.17) is 50.9 Å². The van der Waals surface area contributed by atoms with Crippen LogP contribution in [0.4, 0.5) is 4.79 Å². The summed E-state index contributed by atoms with van der Waals surface area (Å²) in [4.78, 5) is 24.2. The van der Waals surface area contributed by atoms with E-state index >= 15 is 0 Å². The summed E-state index contributed by atoms with van der Waals surface area (Å²) in [5.41, 5.74) is 4.74. The Kier molecular flexibility index (Phi) is 5.51. The van der Waals surface area contributed by atoms with Gasteiger partial charge in [-0.05, 0) is 12.8 Å². The molecule has 0 aromatic rings. The lowest BCUT2D eigenvalue weighted by Crippen LogP contribution is -2.40. The van der Waals surface area contributed by atoms with Crippen molar-refractivity contribution in [2.24, 2.45) is 11.7 Å². The molecule has 0 aliphatic carbocycles. The topological polar surface area (TPSA) is 107 Å². The number of nitriles is 1. The van der Waals surface area contributed by atoms with Crippen molar-refractivity contribution in [2.75, 3.05) is 13.1 Å². The first-order chi connectivity index (χ1) is 9.18. The van der Waals surface area contributed by atoms with Crippen LogP contribution in [0.25, 0.3) is 0 Å². The van der Waals surface area contributed by atoms with Gasteiger partial charge in [0.05, 0.1) is 5.70 Å². The number of allylic oxidation sites excluding steroid dienone is 2. The number of rotatable bonds is 2. The predicted octanol–water partition coefficient (Wildman–Crippen LogP) is 2.05. The van der Waals surface area contributed by atoms with Gasteiger partial charge in [0.15, 0.2) is 5.78 Å². The number of Topliss-reactive ketones (excluding diaryl/α,β-unsaturated/α-hetero) is 1. The third kappa shape index (κ3) is 3.92. The van der Waals surface area contributed by atoms with Crippen LogP contribution in [0.1, 0.15) is 12.8 Å². The maximum absolute atomic E-state index is 12.2. The number of piperidine rings is 1. The second-order valence-electron chi connectivity index (χ2n) is 4.31. The highest BCUT2D eigenvalue weighted by molar-refractivity contribution is 6.69. The molecule has 1 amide bonds. The van der Waals surface area contributed by atoms with Gasteiger partial charge in [-0.3, -0.25) is 4.79 Å². The number of nitrogens with zero attached hydrogens (tertiary/aromatic N) is 2. The van der Waals surface area contributed by atoms with Gasteiger partial charge in [0.25, 0.3) is 0 Å². The van der Waals surface area contributed by atoms with Gasteiger partial charge in [-0.25, -0.2) is 4.79 Å². The number of amides is 1. The van der Waals surface area contributed by atoms with Gasteiger partial charge in [-0.2, -0.15) is 5.26 Å². The summed E-state index contributed by atoms with van der Waals surface area (Å²) in [6.07, 6.45) is -0.417. The number of carbonyl (C=O) groups is 2. The molecule has 0 spiro atoms. The van der Waals surface area contributed by atoms with E-state index in [2.05, 4.69) is 0 Å². The van der Waals surface area contributed by atoms with Crippen molar-refractivity contribution in [2.45, 2.75) is 16.6 Å². The average Bonchev–Trinajstić information content (AvgIpc) is 2.38. The largest absolute Gasteiger partial charge is 0.465 e. The third-order valence-corrected chi connectivity index (χ3v) is 3.68. The summed E-state index contributed by atoms with van der Waals surface area (Å²) in [7, 11) is 0. The first-order valence-electron chi connectivity index (χ1n) is 5.67. The summed E-state index contributed by atoms with van der Waals surface area (Å²) in [5, 5.41) is 17.8. The van der Waals surface area contributed by atoms with Crippen molar-refractivity contribution in [3.8, 4) is 6.07 Å². The Morgan fingerprint density at radius 1 is 1.30 bits per heavy atom. The minimum absolute atomic E-state index is 0.220. The lowest BCUT2D eigenvalue weighted by molar-refractivity contribution is -0.120. The Labute approximate surface area is 130 Å².